The maximum Gasteiger partial charge on any atom is 0.255 e. The predicted octanol–water partition coefficient (Wildman–Crippen LogP) is 2.60. The Morgan fingerprint density at radius 3 is 2.44 bits per heavy atom. The number of phenolic OH excluding ortho intramolecular Hbond substituents is 1. The van der Waals surface area contributed by atoms with Crippen LogP contribution in [0.15, 0.2) is 78.9 Å². The minimum atomic E-state index is -0.984. The van der Waals surface area contributed by atoms with Crippen LogP contribution in [0.1, 0.15) is 40.7 Å². The molecule has 0 radical (unpaired) electrons. The van der Waals surface area contributed by atoms with Gasteiger partial charge in [-0.3, -0.25) is 19.2 Å². The quantitative estimate of drug-likeness (QED) is 0.314. The SMILES string of the molecule is CN1CCOc2ccccc2C(=O)N[C@H](C(=O)NCCCc2ccccc2)CCC(=O)N[C@@H](Cc2ccc(O)cc2)C1=O. The number of likely N-dealkylation sites (N-methyl/N-ethyl adjacent to an activating group) is 1. The molecule has 226 valence electrons. The summed E-state index contributed by atoms with van der Waals surface area (Å²) >= 11 is 0. The van der Waals surface area contributed by atoms with Gasteiger partial charge >= 0.3 is 0 Å². The number of hydrogen-bond acceptors (Lipinski definition) is 6. The summed E-state index contributed by atoms with van der Waals surface area (Å²) in [6.07, 6.45) is 1.64. The van der Waals surface area contributed by atoms with Crippen molar-refractivity contribution < 1.29 is 29.0 Å². The lowest BCUT2D eigenvalue weighted by atomic mass is 10.0. The van der Waals surface area contributed by atoms with Crippen molar-refractivity contribution in [3.8, 4) is 11.5 Å². The number of nitrogens with one attached hydrogen (secondary N) is 3. The van der Waals surface area contributed by atoms with E-state index in [0.29, 0.717) is 18.7 Å². The molecule has 4 rings (SSSR count). The van der Waals surface area contributed by atoms with Crippen molar-refractivity contribution in [2.24, 2.45) is 0 Å². The van der Waals surface area contributed by atoms with Crippen molar-refractivity contribution in [3.63, 3.8) is 0 Å². The number of carbonyl (C=O) groups is 4. The van der Waals surface area contributed by atoms with Crippen LogP contribution in [0.3, 0.4) is 0 Å². The molecule has 1 aliphatic heterocycles. The number of hydrogen-bond donors (Lipinski definition) is 4. The molecule has 0 fully saturated rings. The van der Waals surface area contributed by atoms with Gasteiger partial charge in [-0.1, -0.05) is 54.6 Å². The topological polar surface area (TPSA) is 137 Å². The summed E-state index contributed by atoms with van der Waals surface area (Å²) in [5, 5.41) is 18.1. The molecule has 4 amide bonds. The largest absolute Gasteiger partial charge is 0.508 e. The first-order valence-electron chi connectivity index (χ1n) is 14.5. The Labute approximate surface area is 251 Å². The summed E-state index contributed by atoms with van der Waals surface area (Å²) in [5.74, 6) is -1.20. The van der Waals surface area contributed by atoms with Gasteiger partial charge in [0.1, 0.15) is 30.2 Å². The molecule has 1 heterocycles. The van der Waals surface area contributed by atoms with Gasteiger partial charge in [-0.2, -0.15) is 0 Å². The second-order valence-corrected chi connectivity index (χ2v) is 10.5. The average Bonchev–Trinajstić information content (AvgIpc) is 3.02. The smallest absolute Gasteiger partial charge is 0.255 e. The highest BCUT2D eigenvalue weighted by Crippen LogP contribution is 2.19. The molecule has 0 aliphatic carbocycles. The number of nitrogens with zero attached hydrogens (tertiary/aromatic N) is 1. The van der Waals surface area contributed by atoms with Gasteiger partial charge in [0.2, 0.25) is 17.7 Å². The number of ether oxygens (including phenoxy) is 1. The predicted molar refractivity (Wildman–Crippen MR) is 162 cm³/mol. The first-order chi connectivity index (χ1) is 20.8. The van der Waals surface area contributed by atoms with E-state index in [4.69, 9.17) is 4.74 Å². The molecule has 3 aromatic rings. The maximum atomic E-state index is 13.4. The molecule has 43 heavy (non-hydrogen) atoms. The summed E-state index contributed by atoms with van der Waals surface area (Å²) < 4.78 is 5.89. The van der Waals surface area contributed by atoms with E-state index in [2.05, 4.69) is 16.0 Å². The summed E-state index contributed by atoms with van der Waals surface area (Å²) in [7, 11) is 1.62. The van der Waals surface area contributed by atoms with Crippen LogP contribution in [-0.2, 0) is 27.2 Å². The van der Waals surface area contributed by atoms with E-state index in [1.165, 1.54) is 17.0 Å². The number of rotatable bonds is 7. The lowest BCUT2D eigenvalue weighted by Crippen LogP contribution is -2.50. The molecule has 0 spiro atoms. The highest BCUT2D eigenvalue weighted by molar-refractivity contribution is 5.99. The van der Waals surface area contributed by atoms with Crippen molar-refractivity contribution in [1.29, 1.82) is 0 Å². The van der Waals surface area contributed by atoms with Crippen molar-refractivity contribution in [3.05, 3.63) is 95.6 Å². The number of para-hydroxylation sites is 1. The fourth-order valence-corrected chi connectivity index (χ4v) is 4.84. The monoisotopic (exact) mass is 586 g/mol. The standard InChI is InChI=1S/C33H38N4O6/c1-37-20-21-43-29-12-6-5-11-26(29)31(40)36-27(32(41)34-19-7-10-23-8-3-2-4-9-23)17-18-30(39)35-28(33(37)42)22-24-13-15-25(38)16-14-24/h2-6,8-9,11-16,27-28,38H,7,10,17-22H2,1H3,(H,34,41)(H,35,39)(H,36,40)/t27-,28-/m0/s1. The van der Waals surface area contributed by atoms with Gasteiger partial charge in [0.15, 0.2) is 0 Å². The van der Waals surface area contributed by atoms with Gasteiger partial charge in [-0.05, 0) is 54.7 Å². The van der Waals surface area contributed by atoms with Gasteiger partial charge in [-0.15, -0.1) is 0 Å². The second-order valence-electron chi connectivity index (χ2n) is 10.5. The Morgan fingerprint density at radius 1 is 0.953 bits per heavy atom. The Hall–Kier alpha value is -4.86. The van der Waals surface area contributed by atoms with E-state index in [9.17, 15) is 24.3 Å². The van der Waals surface area contributed by atoms with Crippen LogP contribution in [0.25, 0.3) is 0 Å². The number of benzene rings is 3. The lowest BCUT2D eigenvalue weighted by molar-refractivity contribution is -0.135. The highest BCUT2D eigenvalue weighted by Gasteiger charge is 2.28. The zero-order valence-corrected chi connectivity index (χ0v) is 24.3. The Kier molecular flexibility index (Phi) is 11.1. The number of carbonyl (C=O) groups excluding carboxylic acids is 4. The zero-order chi connectivity index (χ0) is 30.6. The summed E-state index contributed by atoms with van der Waals surface area (Å²) in [5.41, 5.74) is 2.17. The summed E-state index contributed by atoms with van der Waals surface area (Å²) in [4.78, 5) is 54.5. The van der Waals surface area contributed by atoms with Gasteiger partial charge in [0.25, 0.3) is 5.91 Å². The van der Waals surface area contributed by atoms with Gasteiger partial charge < -0.3 is 30.7 Å². The molecule has 3 aromatic carbocycles. The molecule has 0 aromatic heterocycles. The lowest BCUT2D eigenvalue weighted by Gasteiger charge is -2.25. The molecule has 0 unspecified atom stereocenters. The van der Waals surface area contributed by atoms with Gasteiger partial charge in [-0.25, -0.2) is 0 Å². The van der Waals surface area contributed by atoms with Crippen LogP contribution in [0, 0.1) is 0 Å². The maximum absolute atomic E-state index is 13.4. The third-order valence-electron chi connectivity index (χ3n) is 7.27. The Morgan fingerprint density at radius 2 is 1.67 bits per heavy atom. The van der Waals surface area contributed by atoms with E-state index in [1.807, 2.05) is 30.3 Å². The molecule has 1 aliphatic rings. The van der Waals surface area contributed by atoms with Crippen LogP contribution in [-0.4, -0.2) is 72.5 Å². The first kappa shape index (κ1) is 31.1. The molecule has 4 N–H and O–H groups in total. The molecule has 0 saturated heterocycles. The number of aromatic hydroxyl groups is 1. The molecule has 2 atom stereocenters. The third kappa shape index (κ3) is 9.32. The van der Waals surface area contributed by atoms with Crippen molar-refractivity contribution in [2.45, 2.75) is 44.2 Å². The van der Waals surface area contributed by atoms with Gasteiger partial charge in [0, 0.05) is 26.4 Å². The molecule has 10 nitrogen and oxygen atoms in total. The number of phenols is 1. The fourth-order valence-electron chi connectivity index (χ4n) is 4.84. The molecule has 0 saturated carbocycles. The van der Waals surface area contributed by atoms with Crippen molar-refractivity contribution in [2.75, 3.05) is 26.7 Å². The van der Waals surface area contributed by atoms with Crippen LogP contribution >= 0.6 is 0 Å². The molecular formula is C33H38N4O6. The minimum absolute atomic E-state index is 0.0288. The van der Waals surface area contributed by atoms with E-state index in [1.54, 1.807) is 43.4 Å². The third-order valence-corrected chi connectivity index (χ3v) is 7.27. The van der Waals surface area contributed by atoms with Crippen LogP contribution in [0.2, 0.25) is 0 Å². The Bertz CT molecular complexity index is 1400. The normalized spacial score (nSPS) is 18.3. The van der Waals surface area contributed by atoms with E-state index in [-0.39, 0.29) is 49.6 Å². The number of fused-ring (bicyclic) bond motifs is 1. The zero-order valence-electron chi connectivity index (χ0n) is 24.3. The van der Waals surface area contributed by atoms with E-state index >= 15 is 0 Å². The summed E-state index contributed by atoms with van der Waals surface area (Å²) in [6, 6.07) is 21.2. The summed E-state index contributed by atoms with van der Waals surface area (Å²) in [6.45, 7) is 0.726. The first-order valence-corrected chi connectivity index (χ1v) is 14.5. The average molecular weight is 587 g/mol. The number of amides is 4. The minimum Gasteiger partial charge on any atom is -0.508 e. The molecule has 10 heteroatoms. The highest BCUT2D eigenvalue weighted by atomic mass is 16.5. The second kappa shape index (κ2) is 15.4. The van der Waals surface area contributed by atoms with Crippen LogP contribution < -0.4 is 20.7 Å². The van der Waals surface area contributed by atoms with E-state index < -0.39 is 29.8 Å². The van der Waals surface area contributed by atoms with Crippen LogP contribution in [0.5, 0.6) is 11.5 Å². The van der Waals surface area contributed by atoms with E-state index in [0.717, 1.165) is 17.5 Å². The molecule has 0 bridgehead atoms. The number of aryl methyl sites for hydroxylation is 1. The van der Waals surface area contributed by atoms with Crippen molar-refractivity contribution >= 4 is 23.6 Å². The Balaban J connectivity index is 1.50. The van der Waals surface area contributed by atoms with Crippen LogP contribution in [0.4, 0.5) is 0 Å². The fraction of sp³-hybridized carbons (Fsp3) is 0.333. The molecular weight excluding hydrogens is 548 g/mol. The van der Waals surface area contributed by atoms with Gasteiger partial charge in [0.05, 0.1) is 12.1 Å². The van der Waals surface area contributed by atoms with Crippen molar-refractivity contribution in [1.82, 2.24) is 20.9 Å².